The summed E-state index contributed by atoms with van der Waals surface area (Å²) in [5.74, 6) is 0. The topological polar surface area (TPSA) is 25.8 Å². The smallest absolute Gasteiger partial charge is 0.304 e. The van der Waals surface area contributed by atoms with Crippen molar-refractivity contribution < 1.29 is 21.1 Å². The number of benzene rings is 3. The number of rotatable bonds is 1. The van der Waals surface area contributed by atoms with Gasteiger partial charge in [0.15, 0.2) is 0 Å². The zero-order chi connectivity index (χ0) is 21.3. The van der Waals surface area contributed by atoms with Crippen molar-refractivity contribution in [1.82, 2.24) is 9.97 Å². The average molecular weight is 594 g/mol. The van der Waals surface area contributed by atoms with Crippen molar-refractivity contribution in [3.8, 4) is 22.5 Å². The van der Waals surface area contributed by atoms with Gasteiger partial charge < -0.3 is 9.97 Å². The Labute approximate surface area is 203 Å². The fourth-order valence-corrected chi connectivity index (χ4v) is 4.28. The van der Waals surface area contributed by atoms with Crippen LogP contribution in [0, 0.1) is 12.1 Å². The molecule has 3 aromatic carbocycles. The maximum atomic E-state index is 4.46. The second-order valence-corrected chi connectivity index (χ2v) is 8.14. The molecule has 0 unspecified atom stereocenters. The van der Waals surface area contributed by atoms with E-state index in [2.05, 4.69) is 60.2 Å². The number of fused-ring (bicyclic) bond motifs is 4. The van der Waals surface area contributed by atoms with Gasteiger partial charge >= 0.3 is 21.1 Å². The summed E-state index contributed by atoms with van der Waals surface area (Å²) in [4.78, 5) is 8.91. The number of nitrogens with zero attached hydrogens (tertiary/aromatic N) is 2. The van der Waals surface area contributed by atoms with Crippen LogP contribution in [-0.2, 0) is 26.5 Å². The van der Waals surface area contributed by atoms with Crippen LogP contribution in [-0.4, -0.2) is 9.97 Å². The quantitative estimate of drug-likeness (QED) is 0.198. The maximum Gasteiger partial charge on any atom is 2.00 e. The Kier molecular flexibility index (Phi) is 6.35. The van der Waals surface area contributed by atoms with Gasteiger partial charge in [-0.15, -0.1) is 71.3 Å². The third kappa shape index (κ3) is 3.92. The van der Waals surface area contributed by atoms with Gasteiger partial charge in [-0.3, -0.25) is 0 Å². The van der Waals surface area contributed by atoms with Gasteiger partial charge in [0.05, 0.1) is 0 Å². The van der Waals surface area contributed by atoms with E-state index in [4.69, 9.17) is 0 Å². The zero-order valence-corrected chi connectivity index (χ0v) is 20.2. The summed E-state index contributed by atoms with van der Waals surface area (Å²) < 4.78 is 0. The summed E-state index contributed by atoms with van der Waals surface area (Å²) in [6.07, 6.45) is 3.70. The Morgan fingerprint density at radius 1 is 0.656 bits per heavy atom. The molecule has 0 N–H and O–H groups in total. The molecule has 6 rings (SSSR count). The van der Waals surface area contributed by atoms with Crippen LogP contribution in [0.2, 0.25) is 0 Å². The molecule has 3 heteroatoms. The monoisotopic (exact) mass is 593 g/mol. The average Bonchev–Trinajstić information content (AvgIpc) is 3.07. The summed E-state index contributed by atoms with van der Waals surface area (Å²) >= 11 is 0. The second kappa shape index (κ2) is 9.18. The van der Waals surface area contributed by atoms with Crippen LogP contribution in [0.25, 0.3) is 33.3 Å². The molecule has 2 nitrogen and oxygen atoms in total. The van der Waals surface area contributed by atoms with Crippen molar-refractivity contribution in [2.24, 2.45) is 0 Å². The van der Waals surface area contributed by atoms with Gasteiger partial charge in [-0.2, -0.15) is 0 Å². The van der Waals surface area contributed by atoms with Crippen LogP contribution in [0.1, 0.15) is 25.0 Å². The van der Waals surface area contributed by atoms with Crippen LogP contribution in [0.4, 0.5) is 0 Å². The molecule has 0 aliphatic heterocycles. The minimum atomic E-state index is 0. The molecule has 0 amide bonds. The van der Waals surface area contributed by atoms with Crippen molar-refractivity contribution in [2.75, 3.05) is 0 Å². The van der Waals surface area contributed by atoms with E-state index in [1.807, 2.05) is 73.1 Å². The van der Waals surface area contributed by atoms with E-state index in [0.717, 1.165) is 22.5 Å². The molecular formula is C29H22N2Pt. The van der Waals surface area contributed by atoms with Crippen LogP contribution in [0.15, 0.2) is 97.3 Å². The van der Waals surface area contributed by atoms with E-state index < -0.39 is 0 Å². The van der Waals surface area contributed by atoms with Crippen LogP contribution in [0.5, 0.6) is 0 Å². The Bertz CT molecular complexity index is 1310. The van der Waals surface area contributed by atoms with E-state index in [1.54, 1.807) is 0 Å². The van der Waals surface area contributed by atoms with Gasteiger partial charge in [-0.05, 0) is 39.7 Å². The van der Waals surface area contributed by atoms with E-state index in [9.17, 15) is 0 Å². The van der Waals surface area contributed by atoms with Crippen LogP contribution >= 0.6 is 0 Å². The summed E-state index contributed by atoms with van der Waals surface area (Å²) in [5, 5.41) is 2.39. The molecule has 2 aromatic heterocycles. The van der Waals surface area contributed by atoms with Gasteiger partial charge in [0.2, 0.25) is 0 Å². The molecule has 2 heterocycles. The molecule has 5 aromatic rings. The zero-order valence-electron chi connectivity index (χ0n) is 17.9. The molecule has 0 spiro atoms. The fourth-order valence-electron chi connectivity index (χ4n) is 4.28. The largest absolute Gasteiger partial charge is 2.00 e. The SMILES string of the molecule is CC1(C)c2ccc[c-]c2-c2ncccc21.[Pt+2].[c-]1ccccc1-c1nccc2ccccc12. The number of pyridine rings is 2. The standard InChI is InChI=1S/C15H10N.C14H12N.Pt/c1-2-7-13(8-3-1)15-14-9-5-4-6-12(14)10-11-16-15;1-14(2)11-7-4-3-6-10(11)13-12(14)8-5-9-15-13;/h1-7,9-11H;3-5,7-9H,1-2H3;/q2*-1;+2. The predicted octanol–water partition coefficient (Wildman–Crippen LogP) is 6.89. The Morgan fingerprint density at radius 2 is 1.41 bits per heavy atom. The summed E-state index contributed by atoms with van der Waals surface area (Å²) in [6, 6.07) is 35.1. The third-order valence-electron chi connectivity index (χ3n) is 5.89. The first-order valence-electron chi connectivity index (χ1n) is 10.4. The molecule has 32 heavy (non-hydrogen) atoms. The molecule has 1 aliphatic rings. The third-order valence-corrected chi connectivity index (χ3v) is 5.89. The van der Waals surface area contributed by atoms with E-state index >= 15 is 0 Å². The summed E-state index contributed by atoms with van der Waals surface area (Å²) in [7, 11) is 0. The number of aromatic nitrogens is 2. The number of hydrogen-bond acceptors (Lipinski definition) is 2. The first kappa shape index (κ1) is 22.1. The molecule has 0 atom stereocenters. The van der Waals surface area contributed by atoms with Gasteiger partial charge in [-0.1, -0.05) is 49.7 Å². The first-order chi connectivity index (χ1) is 15.2. The predicted molar refractivity (Wildman–Crippen MR) is 127 cm³/mol. The Balaban J connectivity index is 0.000000149. The maximum absolute atomic E-state index is 4.46. The van der Waals surface area contributed by atoms with Crippen LogP contribution in [0.3, 0.4) is 0 Å². The molecule has 0 saturated heterocycles. The van der Waals surface area contributed by atoms with Crippen molar-refractivity contribution in [1.29, 1.82) is 0 Å². The van der Waals surface area contributed by atoms with Gasteiger partial charge in [0.1, 0.15) is 0 Å². The minimum absolute atomic E-state index is 0. The van der Waals surface area contributed by atoms with Crippen LogP contribution < -0.4 is 0 Å². The molecule has 0 saturated carbocycles. The van der Waals surface area contributed by atoms with E-state index in [1.165, 1.54) is 21.9 Å². The molecule has 1 aliphatic carbocycles. The van der Waals surface area contributed by atoms with Gasteiger partial charge in [-0.25, -0.2) is 0 Å². The van der Waals surface area contributed by atoms with Crippen molar-refractivity contribution in [3.05, 3.63) is 121 Å². The molecule has 158 valence electrons. The molecule has 0 bridgehead atoms. The van der Waals surface area contributed by atoms with Crippen molar-refractivity contribution >= 4 is 10.8 Å². The Morgan fingerprint density at radius 3 is 2.25 bits per heavy atom. The summed E-state index contributed by atoms with van der Waals surface area (Å²) in [5.41, 5.74) is 7.01. The van der Waals surface area contributed by atoms with E-state index in [-0.39, 0.29) is 26.5 Å². The summed E-state index contributed by atoms with van der Waals surface area (Å²) in [6.45, 7) is 4.49. The molecule has 0 radical (unpaired) electrons. The normalized spacial score (nSPS) is 12.7. The van der Waals surface area contributed by atoms with Gasteiger partial charge in [0, 0.05) is 12.4 Å². The first-order valence-corrected chi connectivity index (χ1v) is 10.4. The van der Waals surface area contributed by atoms with Gasteiger partial charge in [0.25, 0.3) is 0 Å². The van der Waals surface area contributed by atoms with Crippen molar-refractivity contribution in [3.63, 3.8) is 0 Å². The van der Waals surface area contributed by atoms with E-state index in [0.29, 0.717) is 0 Å². The molecular weight excluding hydrogens is 571 g/mol. The number of hydrogen-bond donors (Lipinski definition) is 0. The van der Waals surface area contributed by atoms with Crippen molar-refractivity contribution in [2.45, 2.75) is 19.3 Å². The fraction of sp³-hybridized carbons (Fsp3) is 0.103. The molecule has 0 fully saturated rings. The Hall–Kier alpha value is -3.09. The minimum Gasteiger partial charge on any atom is -0.304 e. The second-order valence-electron chi connectivity index (χ2n) is 8.14.